The first kappa shape index (κ1) is 22.8. The van der Waals surface area contributed by atoms with E-state index >= 15 is 0 Å². The number of hydrogen-bond acceptors (Lipinski definition) is 5. The molecule has 3 aromatic heterocycles. The molecule has 0 bridgehead atoms. The molecule has 3 heterocycles. The van der Waals surface area contributed by atoms with E-state index in [2.05, 4.69) is 39.1 Å². The second-order valence-corrected chi connectivity index (χ2v) is 9.27. The lowest BCUT2D eigenvalue weighted by Crippen LogP contribution is -2.11. The zero-order valence-electron chi connectivity index (χ0n) is 21.2. The molecule has 0 saturated carbocycles. The fraction of sp³-hybridized carbons (Fsp3) is 0.0303. The largest absolute Gasteiger partial charge is 0.453 e. The summed E-state index contributed by atoms with van der Waals surface area (Å²) in [6.45, 7) is 0. The topological polar surface area (TPSA) is 56.3 Å². The van der Waals surface area contributed by atoms with Crippen LogP contribution in [-0.2, 0) is 7.05 Å². The summed E-state index contributed by atoms with van der Waals surface area (Å²) in [5.74, 6) is 2.98. The summed E-state index contributed by atoms with van der Waals surface area (Å²) in [6.07, 6.45) is 5.53. The van der Waals surface area contributed by atoms with Gasteiger partial charge < -0.3 is 13.7 Å². The number of ether oxygens (including phenoxy) is 1. The van der Waals surface area contributed by atoms with E-state index < -0.39 is 0 Å². The van der Waals surface area contributed by atoms with E-state index in [-0.39, 0.29) is 0 Å². The molecule has 0 saturated heterocycles. The van der Waals surface area contributed by atoms with Crippen molar-refractivity contribution >= 4 is 39.1 Å². The molecule has 0 fully saturated rings. The van der Waals surface area contributed by atoms with Crippen molar-refractivity contribution < 1.29 is 9.15 Å². The molecular weight excluding hydrogens is 484 g/mol. The van der Waals surface area contributed by atoms with Crippen LogP contribution in [-0.4, -0.2) is 14.5 Å². The van der Waals surface area contributed by atoms with Gasteiger partial charge in [-0.3, -0.25) is 4.90 Å². The van der Waals surface area contributed by atoms with Crippen molar-refractivity contribution in [1.29, 1.82) is 0 Å². The van der Waals surface area contributed by atoms with Crippen LogP contribution in [0.2, 0.25) is 0 Å². The summed E-state index contributed by atoms with van der Waals surface area (Å²) in [5, 5.41) is 1.99. The van der Waals surface area contributed by atoms with Gasteiger partial charge in [0, 0.05) is 53.7 Å². The highest BCUT2D eigenvalue weighted by Gasteiger charge is 2.20. The van der Waals surface area contributed by atoms with E-state index in [1.807, 2.05) is 103 Å². The Balaban J connectivity index is 1.42. The Labute approximate surface area is 225 Å². The number of benzene rings is 4. The number of rotatable bonds is 6. The van der Waals surface area contributed by atoms with Gasteiger partial charge in [-0.1, -0.05) is 54.6 Å². The first-order chi connectivity index (χ1) is 19.2. The van der Waals surface area contributed by atoms with Crippen LogP contribution in [0.15, 0.2) is 132 Å². The van der Waals surface area contributed by atoms with Crippen molar-refractivity contribution in [2.45, 2.75) is 0 Å². The first-order valence-electron chi connectivity index (χ1n) is 12.7. The predicted molar refractivity (Wildman–Crippen MR) is 155 cm³/mol. The van der Waals surface area contributed by atoms with Crippen molar-refractivity contribution in [1.82, 2.24) is 14.5 Å². The van der Waals surface area contributed by atoms with Gasteiger partial charge in [0.2, 0.25) is 0 Å². The van der Waals surface area contributed by atoms with E-state index in [0.717, 1.165) is 44.9 Å². The lowest BCUT2D eigenvalue weighted by Gasteiger charge is -2.24. The van der Waals surface area contributed by atoms with Gasteiger partial charge in [0.15, 0.2) is 11.3 Å². The quantitative estimate of drug-likeness (QED) is 0.225. The number of pyridine rings is 1. The van der Waals surface area contributed by atoms with Crippen molar-refractivity contribution in [2.75, 3.05) is 4.90 Å². The summed E-state index contributed by atoms with van der Waals surface area (Å²) in [6, 6.07) is 36.3. The minimum absolute atomic E-state index is 0.618. The van der Waals surface area contributed by atoms with Crippen molar-refractivity contribution in [3.63, 3.8) is 0 Å². The van der Waals surface area contributed by atoms with Gasteiger partial charge in [-0.2, -0.15) is 0 Å². The molecule has 0 aliphatic heterocycles. The Kier molecular flexibility index (Phi) is 5.56. The molecule has 0 spiro atoms. The van der Waals surface area contributed by atoms with Gasteiger partial charge in [0.1, 0.15) is 23.0 Å². The van der Waals surface area contributed by atoms with Crippen LogP contribution in [0.5, 0.6) is 11.5 Å². The Morgan fingerprint density at radius 1 is 0.718 bits per heavy atom. The summed E-state index contributed by atoms with van der Waals surface area (Å²) in [4.78, 5) is 11.3. The van der Waals surface area contributed by atoms with E-state index in [4.69, 9.17) is 9.15 Å². The summed E-state index contributed by atoms with van der Waals surface area (Å²) in [5.41, 5.74) is 4.37. The Morgan fingerprint density at radius 3 is 2.38 bits per heavy atom. The maximum absolute atomic E-state index is 6.58. The maximum atomic E-state index is 6.58. The second-order valence-electron chi connectivity index (χ2n) is 9.27. The van der Waals surface area contributed by atoms with E-state index in [0.29, 0.717) is 17.1 Å². The van der Waals surface area contributed by atoms with Gasteiger partial charge in [0.25, 0.3) is 0 Å². The first-order valence-corrected chi connectivity index (χ1v) is 12.7. The minimum Gasteiger partial charge on any atom is -0.453 e. The summed E-state index contributed by atoms with van der Waals surface area (Å²) < 4.78 is 14.9. The number of aromatic nitrogens is 3. The standard InChI is InChI=1S/C33H24N4O2/c1-36-19-18-35-33(36)23-10-9-13-26(20-23)38-30-22-25(21-28-27-14-5-6-15-29(27)39-32(28)30)37(24-11-3-2-4-12-24)31-16-7-8-17-34-31/h2-22H,1H3. The van der Waals surface area contributed by atoms with Gasteiger partial charge in [-0.15, -0.1) is 0 Å². The van der Waals surface area contributed by atoms with Crippen LogP contribution < -0.4 is 9.64 Å². The van der Waals surface area contributed by atoms with Gasteiger partial charge in [0.05, 0.1) is 5.69 Å². The molecule has 39 heavy (non-hydrogen) atoms. The number of aryl methyl sites for hydroxylation is 1. The highest BCUT2D eigenvalue weighted by molar-refractivity contribution is 6.08. The zero-order valence-corrected chi connectivity index (χ0v) is 21.2. The third-order valence-corrected chi connectivity index (χ3v) is 6.72. The van der Waals surface area contributed by atoms with Crippen molar-refractivity contribution in [2.24, 2.45) is 7.05 Å². The molecule has 0 amide bonds. The molecule has 0 atom stereocenters. The monoisotopic (exact) mass is 508 g/mol. The fourth-order valence-corrected chi connectivity index (χ4v) is 4.93. The van der Waals surface area contributed by atoms with E-state index in [1.165, 1.54) is 0 Å². The third-order valence-electron chi connectivity index (χ3n) is 6.72. The molecular formula is C33H24N4O2. The average Bonchev–Trinajstić information content (AvgIpc) is 3.58. The molecule has 188 valence electrons. The van der Waals surface area contributed by atoms with Crippen molar-refractivity contribution in [3.8, 4) is 22.9 Å². The molecule has 0 radical (unpaired) electrons. The summed E-state index contributed by atoms with van der Waals surface area (Å²) >= 11 is 0. The highest BCUT2D eigenvalue weighted by atomic mass is 16.5. The molecule has 0 aliphatic carbocycles. The van der Waals surface area contributed by atoms with Crippen molar-refractivity contribution in [3.05, 3.63) is 128 Å². The SMILES string of the molecule is Cn1ccnc1-c1cccc(Oc2cc(N(c3ccccc3)c3ccccn3)cc3c2oc2ccccc23)c1. The van der Waals surface area contributed by atoms with Crippen LogP contribution in [0.3, 0.4) is 0 Å². The molecule has 4 aromatic carbocycles. The van der Waals surface area contributed by atoms with Crippen LogP contribution >= 0.6 is 0 Å². The lowest BCUT2D eigenvalue weighted by molar-refractivity contribution is 0.476. The maximum Gasteiger partial charge on any atom is 0.178 e. The Hall–Kier alpha value is -5.36. The van der Waals surface area contributed by atoms with Crippen LogP contribution in [0.1, 0.15) is 0 Å². The van der Waals surface area contributed by atoms with Crippen LogP contribution in [0.25, 0.3) is 33.3 Å². The Bertz CT molecular complexity index is 1870. The molecule has 0 N–H and O–H groups in total. The number of imidazole rings is 1. The number of anilines is 3. The number of para-hydroxylation sites is 2. The van der Waals surface area contributed by atoms with Crippen LogP contribution in [0.4, 0.5) is 17.2 Å². The number of hydrogen-bond donors (Lipinski definition) is 0. The normalized spacial score (nSPS) is 11.2. The average molecular weight is 509 g/mol. The lowest BCUT2D eigenvalue weighted by atomic mass is 10.1. The number of furan rings is 1. The fourth-order valence-electron chi connectivity index (χ4n) is 4.93. The van der Waals surface area contributed by atoms with Crippen LogP contribution in [0, 0.1) is 0 Å². The Morgan fingerprint density at radius 2 is 1.56 bits per heavy atom. The molecule has 7 rings (SSSR count). The van der Waals surface area contributed by atoms with Gasteiger partial charge >= 0.3 is 0 Å². The molecule has 6 heteroatoms. The molecule has 0 unspecified atom stereocenters. The molecule has 6 nitrogen and oxygen atoms in total. The molecule has 0 aliphatic rings. The second kappa shape index (κ2) is 9.50. The predicted octanol–water partition coefficient (Wildman–Crippen LogP) is 8.64. The smallest absolute Gasteiger partial charge is 0.178 e. The minimum atomic E-state index is 0.618. The highest BCUT2D eigenvalue weighted by Crippen LogP contribution is 2.43. The van der Waals surface area contributed by atoms with Gasteiger partial charge in [-0.25, -0.2) is 9.97 Å². The molecule has 7 aromatic rings. The number of fused-ring (bicyclic) bond motifs is 3. The van der Waals surface area contributed by atoms with Gasteiger partial charge in [-0.05, 0) is 48.5 Å². The zero-order chi connectivity index (χ0) is 26.2. The third kappa shape index (κ3) is 4.18. The van der Waals surface area contributed by atoms with E-state index in [1.54, 1.807) is 12.4 Å². The summed E-state index contributed by atoms with van der Waals surface area (Å²) in [7, 11) is 1.98. The van der Waals surface area contributed by atoms with E-state index in [9.17, 15) is 0 Å². The number of nitrogens with zero attached hydrogens (tertiary/aromatic N) is 4.